The third kappa shape index (κ3) is 6.43. The zero-order chi connectivity index (χ0) is 20.0. The molecule has 0 aliphatic rings. The van der Waals surface area contributed by atoms with Gasteiger partial charge in [0.2, 0.25) is 0 Å². The number of amides is 1. The van der Waals surface area contributed by atoms with Gasteiger partial charge in [-0.2, -0.15) is 0 Å². The molecule has 0 aromatic heterocycles. The minimum Gasteiger partial charge on any atom is -0.487 e. The topological polar surface area (TPSA) is 47.6 Å². The van der Waals surface area contributed by atoms with Crippen LogP contribution in [0.4, 0.5) is 5.69 Å². The first-order valence-electron chi connectivity index (χ1n) is 8.75. The summed E-state index contributed by atoms with van der Waals surface area (Å²) in [6.45, 7) is 12.4. The molecule has 0 unspecified atom stereocenters. The van der Waals surface area contributed by atoms with E-state index in [4.69, 9.17) is 9.47 Å². The van der Waals surface area contributed by atoms with E-state index in [1.165, 1.54) is 0 Å². The van der Waals surface area contributed by atoms with Gasteiger partial charge in [0.05, 0.1) is 5.69 Å². The lowest BCUT2D eigenvalue weighted by atomic mass is 9.86. The highest BCUT2D eigenvalue weighted by Gasteiger charge is 2.20. The number of anilines is 1. The predicted octanol–water partition coefficient (Wildman–Crippen LogP) is 5.72. The van der Waals surface area contributed by atoms with Crippen molar-refractivity contribution in [3.63, 3.8) is 0 Å². The Hall–Kier alpha value is -2.27. The number of hydrogen-bond donors (Lipinski definition) is 1. The van der Waals surface area contributed by atoms with Crippen LogP contribution in [0.3, 0.4) is 0 Å². The van der Waals surface area contributed by atoms with Gasteiger partial charge in [-0.15, -0.1) is 0 Å². The molecule has 4 nitrogen and oxygen atoms in total. The summed E-state index contributed by atoms with van der Waals surface area (Å²) in [4.78, 5) is 12.4. The van der Waals surface area contributed by atoms with Crippen molar-refractivity contribution < 1.29 is 14.3 Å². The summed E-state index contributed by atoms with van der Waals surface area (Å²) in [5.41, 5.74) is 2.46. The van der Waals surface area contributed by atoms with E-state index in [2.05, 4.69) is 48.6 Å². The number of carbonyl (C=O) groups is 1. The third-order valence-electron chi connectivity index (χ3n) is 3.74. The predicted molar refractivity (Wildman–Crippen MR) is 114 cm³/mol. The second-order valence-corrected chi connectivity index (χ2v) is 8.38. The van der Waals surface area contributed by atoms with E-state index in [9.17, 15) is 4.79 Å². The van der Waals surface area contributed by atoms with Crippen LogP contribution < -0.4 is 14.8 Å². The van der Waals surface area contributed by atoms with Gasteiger partial charge >= 0.3 is 0 Å². The van der Waals surface area contributed by atoms with Crippen molar-refractivity contribution >= 4 is 27.5 Å². The quantitative estimate of drug-likeness (QED) is 0.570. The van der Waals surface area contributed by atoms with E-state index in [0.717, 1.165) is 15.6 Å². The van der Waals surface area contributed by atoms with E-state index in [0.29, 0.717) is 23.8 Å². The molecular weight excluding hydrogens is 406 g/mol. The maximum Gasteiger partial charge on any atom is 0.262 e. The smallest absolute Gasteiger partial charge is 0.262 e. The maximum atomic E-state index is 12.4. The van der Waals surface area contributed by atoms with Crippen molar-refractivity contribution in [1.29, 1.82) is 0 Å². The maximum absolute atomic E-state index is 12.4. The monoisotopic (exact) mass is 431 g/mol. The summed E-state index contributed by atoms with van der Waals surface area (Å²) in [5.74, 6) is 1.06. The third-order valence-corrected chi connectivity index (χ3v) is 4.24. The van der Waals surface area contributed by atoms with Crippen LogP contribution in [0.2, 0.25) is 0 Å². The average Bonchev–Trinajstić information content (AvgIpc) is 2.59. The molecule has 0 atom stereocenters. The lowest BCUT2D eigenvalue weighted by Crippen LogP contribution is -2.22. The van der Waals surface area contributed by atoms with Gasteiger partial charge in [0.15, 0.2) is 6.61 Å². The van der Waals surface area contributed by atoms with Crippen molar-refractivity contribution in [2.24, 2.45) is 0 Å². The highest BCUT2D eigenvalue weighted by atomic mass is 79.9. The van der Waals surface area contributed by atoms with Gasteiger partial charge in [0.25, 0.3) is 5.91 Å². The minimum atomic E-state index is -0.246. The van der Waals surface area contributed by atoms with Gasteiger partial charge in [-0.05, 0) is 48.2 Å². The first-order chi connectivity index (χ1) is 12.7. The first kappa shape index (κ1) is 21.0. The largest absolute Gasteiger partial charge is 0.487 e. The fourth-order valence-electron chi connectivity index (χ4n) is 2.44. The van der Waals surface area contributed by atoms with E-state index >= 15 is 0 Å². The molecule has 0 saturated carbocycles. The fraction of sp³-hybridized carbons (Fsp3) is 0.318. The number of rotatable bonds is 7. The molecule has 0 aliphatic carbocycles. The Morgan fingerprint density at radius 3 is 2.41 bits per heavy atom. The second-order valence-electron chi connectivity index (χ2n) is 7.47. The molecule has 0 heterocycles. The van der Waals surface area contributed by atoms with Crippen molar-refractivity contribution in [1.82, 2.24) is 0 Å². The van der Waals surface area contributed by atoms with Crippen molar-refractivity contribution in [3.8, 4) is 11.5 Å². The Morgan fingerprint density at radius 1 is 1.07 bits per heavy atom. The number of carbonyl (C=O) groups excluding carboxylic acids is 1. The summed E-state index contributed by atoms with van der Waals surface area (Å²) in [6, 6.07) is 13.1. The minimum absolute atomic E-state index is 0.0838. The Labute approximate surface area is 169 Å². The average molecular weight is 432 g/mol. The van der Waals surface area contributed by atoms with Crippen LogP contribution in [0.1, 0.15) is 33.3 Å². The number of ether oxygens (including phenoxy) is 2. The number of hydrogen-bond acceptors (Lipinski definition) is 3. The molecule has 0 bridgehead atoms. The molecule has 5 heteroatoms. The molecular formula is C22H26BrNO3. The Kier molecular flexibility index (Phi) is 7.08. The molecule has 144 valence electrons. The number of para-hydroxylation sites is 2. The molecule has 0 aliphatic heterocycles. The van der Waals surface area contributed by atoms with E-state index in [1.54, 1.807) is 6.07 Å². The number of halogens is 1. The lowest BCUT2D eigenvalue weighted by molar-refractivity contribution is -0.118. The second kappa shape index (κ2) is 9.09. The van der Waals surface area contributed by atoms with Crippen LogP contribution >= 0.6 is 15.9 Å². The van der Waals surface area contributed by atoms with Crippen molar-refractivity contribution in [3.05, 3.63) is 64.7 Å². The van der Waals surface area contributed by atoms with Crippen LogP contribution in [0.5, 0.6) is 11.5 Å². The summed E-state index contributed by atoms with van der Waals surface area (Å²) in [7, 11) is 0. The van der Waals surface area contributed by atoms with Crippen molar-refractivity contribution in [2.45, 2.75) is 33.1 Å². The van der Waals surface area contributed by atoms with Crippen LogP contribution in [-0.4, -0.2) is 19.1 Å². The molecule has 0 radical (unpaired) electrons. The zero-order valence-corrected chi connectivity index (χ0v) is 17.9. The van der Waals surface area contributed by atoms with Gasteiger partial charge in [0.1, 0.15) is 18.1 Å². The van der Waals surface area contributed by atoms with E-state index in [1.807, 2.05) is 43.3 Å². The summed E-state index contributed by atoms with van der Waals surface area (Å²) >= 11 is 3.49. The van der Waals surface area contributed by atoms with Crippen LogP contribution in [0.15, 0.2) is 59.1 Å². The lowest BCUT2D eigenvalue weighted by Gasteiger charge is -2.23. The van der Waals surface area contributed by atoms with E-state index in [-0.39, 0.29) is 17.9 Å². The molecule has 0 fully saturated rings. The van der Waals surface area contributed by atoms with Crippen LogP contribution in [-0.2, 0) is 10.2 Å². The molecule has 1 N–H and O–H groups in total. The SMILES string of the molecule is C=C(C)COc1ccccc1NC(=O)COc1ccc(Br)cc1C(C)(C)C. The van der Waals surface area contributed by atoms with Crippen LogP contribution in [0.25, 0.3) is 0 Å². The normalized spacial score (nSPS) is 11.0. The Balaban J connectivity index is 2.05. The highest BCUT2D eigenvalue weighted by molar-refractivity contribution is 9.10. The highest BCUT2D eigenvalue weighted by Crippen LogP contribution is 2.33. The summed E-state index contributed by atoms with van der Waals surface area (Å²) in [6.07, 6.45) is 0. The van der Waals surface area contributed by atoms with Gasteiger partial charge in [-0.25, -0.2) is 0 Å². The van der Waals surface area contributed by atoms with E-state index < -0.39 is 0 Å². The zero-order valence-electron chi connectivity index (χ0n) is 16.3. The first-order valence-corrected chi connectivity index (χ1v) is 9.55. The molecule has 2 rings (SSSR count). The van der Waals surface area contributed by atoms with Gasteiger partial charge in [-0.1, -0.05) is 55.4 Å². The molecule has 0 saturated heterocycles. The Bertz CT molecular complexity index is 825. The van der Waals surface area contributed by atoms with Gasteiger partial charge in [-0.3, -0.25) is 4.79 Å². The van der Waals surface area contributed by atoms with Gasteiger partial charge < -0.3 is 14.8 Å². The number of nitrogens with one attached hydrogen (secondary N) is 1. The number of benzene rings is 2. The fourth-order valence-corrected chi connectivity index (χ4v) is 2.80. The molecule has 0 spiro atoms. The standard InChI is InChI=1S/C22H26BrNO3/c1-15(2)13-26-20-9-7-6-8-18(20)24-21(25)14-27-19-11-10-16(23)12-17(19)22(3,4)5/h6-12H,1,13-14H2,2-5H3,(H,24,25). The van der Waals surface area contributed by atoms with Gasteiger partial charge in [0, 0.05) is 10.0 Å². The summed E-state index contributed by atoms with van der Waals surface area (Å²) < 4.78 is 12.5. The summed E-state index contributed by atoms with van der Waals surface area (Å²) in [5, 5.41) is 2.85. The molecule has 2 aromatic carbocycles. The Morgan fingerprint density at radius 2 is 1.74 bits per heavy atom. The molecule has 1 amide bonds. The van der Waals surface area contributed by atoms with Crippen LogP contribution in [0, 0.1) is 0 Å². The molecule has 2 aromatic rings. The molecule has 27 heavy (non-hydrogen) atoms. The van der Waals surface area contributed by atoms with Crippen molar-refractivity contribution in [2.75, 3.05) is 18.5 Å².